The third-order valence-electron chi connectivity index (χ3n) is 1.57. The van der Waals surface area contributed by atoms with Crippen LogP contribution in [0.5, 0.6) is 0 Å². The molecular formula is C8H8IN5. The maximum atomic E-state index is 4.15. The van der Waals surface area contributed by atoms with E-state index in [2.05, 4.69) is 43.0 Å². The molecule has 6 heteroatoms. The molecule has 0 atom stereocenters. The van der Waals surface area contributed by atoms with Gasteiger partial charge in [-0.1, -0.05) is 0 Å². The molecular weight excluding hydrogens is 293 g/mol. The molecule has 0 aliphatic heterocycles. The molecule has 0 unspecified atom stereocenters. The molecule has 0 saturated heterocycles. The molecule has 0 aliphatic rings. The van der Waals surface area contributed by atoms with Gasteiger partial charge in [-0.3, -0.25) is 4.68 Å². The summed E-state index contributed by atoms with van der Waals surface area (Å²) in [4.78, 5) is 8.21. The van der Waals surface area contributed by atoms with Crippen molar-refractivity contribution in [3.63, 3.8) is 0 Å². The van der Waals surface area contributed by atoms with Crippen LogP contribution in [0.3, 0.4) is 0 Å². The van der Waals surface area contributed by atoms with Crippen LogP contribution in [0.25, 0.3) is 0 Å². The molecule has 0 spiro atoms. The number of anilines is 2. The van der Waals surface area contributed by atoms with Crippen molar-refractivity contribution in [2.75, 3.05) is 5.32 Å². The van der Waals surface area contributed by atoms with Crippen LogP contribution in [0.4, 0.5) is 11.8 Å². The van der Waals surface area contributed by atoms with E-state index in [0.717, 1.165) is 9.39 Å². The summed E-state index contributed by atoms with van der Waals surface area (Å²) in [6.45, 7) is 0. The van der Waals surface area contributed by atoms with Gasteiger partial charge in [0, 0.05) is 35.3 Å². The predicted molar refractivity (Wildman–Crippen MR) is 61.2 cm³/mol. The largest absolute Gasteiger partial charge is 0.307 e. The topological polar surface area (TPSA) is 55.6 Å². The summed E-state index contributed by atoms with van der Waals surface area (Å²) in [5.74, 6) is 1.30. The molecule has 0 radical (unpaired) electrons. The molecule has 2 aromatic heterocycles. The summed E-state index contributed by atoms with van der Waals surface area (Å²) in [6.07, 6.45) is 5.35. The van der Waals surface area contributed by atoms with Gasteiger partial charge in [0.25, 0.3) is 0 Å². The summed E-state index contributed by atoms with van der Waals surface area (Å²) < 4.78 is 2.73. The molecule has 0 bridgehead atoms. The van der Waals surface area contributed by atoms with Gasteiger partial charge >= 0.3 is 0 Å². The molecule has 0 aromatic carbocycles. The molecule has 1 N–H and O–H groups in total. The number of nitrogens with one attached hydrogen (secondary N) is 1. The summed E-state index contributed by atoms with van der Waals surface area (Å²) in [6, 6.07) is 1.86. The van der Waals surface area contributed by atoms with Crippen LogP contribution >= 0.6 is 22.6 Å². The highest BCUT2D eigenvalue weighted by molar-refractivity contribution is 14.1. The van der Waals surface area contributed by atoms with E-state index in [4.69, 9.17) is 0 Å². The molecule has 2 heterocycles. The zero-order chi connectivity index (χ0) is 9.97. The normalized spacial score (nSPS) is 10.1. The number of hydrogen-bond donors (Lipinski definition) is 1. The van der Waals surface area contributed by atoms with E-state index in [1.807, 2.05) is 19.3 Å². The Kier molecular flexibility index (Phi) is 2.62. The van der Waals surface area contributed by atoms with Gasteiger partial charge in [-0.25, -0.2) is 9.97 Å². The van der Waals surface area contributed by atoms with E-state index in [9.17, 15) is 0 Å². The van der Waals surface area contributed by atoms with Gasteiger partial charge in [-0.15, -0.1) is 0 Å². The maximum absolute atomic E-state index is 4.15. The second kappa shape index (κ2) is 3.91. The van der Waals surface area contributed by atoms with Crippen molar-refractivity contribution in [3.05, 3.63) is 28.2 Å². The standard InChI is InChI=1S/C8H8IN5/c1-14-3-2-7(13-14)12-8-10-4-6(9)5-11-8/h2-5H,1H3,(H,10,11,12,13). The van der Waals surface area contributed by atoms with Crippen LogP contribution in [0.15, 0.2) is 24.7 Å². The molecule has 2 aromatic rings. The Labute approximate surface area is 94.7 Å². The van der Waals surface area contributed by atoms with Crippen molar-refractivity contribution >= 4 is 34.4 Å². The van der Waals surface area contributed by atoms with Crippen molar-refractivity contribution in [1.82, 2.24) is 19.7 Å². The SMILES string of the molecule is Cn1ccc(Nc2ncc(I)cn2)n1. The molecule has 0 saturated carbocycles. The minimum atomic E-state index is 0.559. The van der Waals surface area contributed by atoms with Gasteiger partial charge in [-0.2, -0.15) is 5.10 Å². The first-order chi connectivity index (χ1) is 6.74. The molecule has 14 heavy (non-hydrogen) atoms. The van der Waals surface area contributed by atoms with E-state index >= 15 is 0 Å². The van der Waals surface area contributed by atoms with Crippen LogP contribution in [0, 0.1) is 3.57 Å². The highest BCUT2D eigenvalue weighted by Crippen LogP contribution is 2.09. The van der Waals surface area contributed by atoms with E-state index < -0.39 is 0 Å². The van der Waals surface area contributed by atoms with Gasteiger partial charge in [0.15, 0.2) is 5.82 Å². The number of aryl methyl sites for hydroxylation is 1. The second-order valence-electron chi connectivity index (χ2n) is 2.72. The lowest BCUT2D eigenvalue weighted by atomic mass is 10.6. The quantitative estimate of drug-likeness (QED) is 0.855. The third-order valence-corrected chi connectivity index (χ3v) is 2.13. The summed E-state index contributed by atoms with van der Waals surface area (Å²) in [5, 5.41) is 7.15. The molecule has 5 nitrogen and oxygen atoms in total. The average Bonchev–Trinajstić information content (AvgIpc) is 2.56. The van der Waals surface area contributed by atoms with Crippen LogP contribution in [-0.2, 0) is 7.05 Å². The fraction of sp³-hybridized carbons (Fsp3) is 0.125. The minimum absolute atomic E-state index is 0.559. The van der Waals surface area contributed by atoms with Gasteiger partial charge < -0.3 is 5.32 Å². The number of halogens is 1. The van der Waals surface area contributed by atoms with Crippen molar-refractivity contribution in [2.24, 2.45) is 7.05 Å². The summed E-state index contributed by atoms with van der Waals surface area (Å²) >= 11 is 2.16. The monoisotopic (exact) mass is 301 g/mol. The van der Waals surface area contributed by atoms with E-state index in [0.29, 0.717) is 5.95 Å². The predicted octanol–water partition coefficient (Wildman–Crippen LogP) is 1.56. The van der Waals surface area contributed by atoms with Crippen LogP contribution in [0.2, 0.25) is 0 Å². The van der Waals surface area contributed by atoms with Gasteiger partial charge in [-0.05, 0) is 22.6 Å². The highest BCUT2D eigenvalue weighted by atomic mass is 127. The Hall–Kier alpha value is -1.18. The first-order valence-electron chi connectivity index (χ1n) is 3.98. The molecule has 72 valence electrons. The lowest BCUT2D eigenvalue weighted by molar-refractivity contribution is 0.770. The van der Waals surface area contributed by atoms with Crippen LogP contribution in [0.1, 0.15) is 0 Å². The summed E-state index contributed by atoms with van der Waals surface area (Å²) in [5.41, 5.74) is 0. The lowest BCUT2D eigenvalue weighted by Gasteiger charge is -1.99. The number of aromatic nitrogens is 4. The van der Waals surface area contributed by atoms with Crippen molar-refractivity contribution in [2.45, 2.75) is 0 Å². The van der Waals surface area contributed by atoms with Crippen molar-refractivity contribution < 1.29 is 0 Å². The number of hydrogen-bond acceptors (Lipinski definition) is 4. The van der Waals surface area contributed by atoms with Gasteiger partial charge in [0.1, 0.15) is 0 Å². The number of rotatable bonds is 2. The highest BCUT2D eigenvalue weighted by Gasteiger charge is 1.99. The lowest BCUT2D eigenvalue weighted by Crippen LogP contribution is -1.98. The van der Waals surface area contributed by atoms with E-state index in [1.165, 1.54) is 0 Å². The Balaban J connectivity index is 2.15. The Bertz CT molecular complexity index is 422. The zero-order valence-electron chi connectivity index (χ0n) is 7.48. The first kappa shape index (κ1) is 9.38. The zero-order valence-corrected chi connectivity index (χ0v) is 9.63. The average molecular weight is 301 g/mol. The molecule has 0 aliphatic carbocycles. The molecule has 0 amide bonds. The van der Waals surface area contributed by atoms with E-state index in [-0.39, 0.29) is 0 Å². The van der Waals surface area contributed by atoms with Gasteiger partial charge in [0.05, 0.1) is 0 Å². The summed E-state index contributed by atoms with van der Waals surface area (Å²) in [7, 11) is 1.86. The van der Waals surface area contributed by atoms with Crippen molar-refractivity contribution in [3.8, 4) is 0 Å². The molecule has 2 rings (SSSR count). The first-order valence-corrected chi connectivity index (χ1v) is 5.06. The third kappa shape index (κ3) is 2.19. The fourth-order valence-electron chi connectivity index (χ4n) is 0.973. The molecule has 0 fully saturated rings. The number of nitrogens with zero attached hydrogens (tertiary/aromatic N) is 4. The maximum Gasteiger partial charge on any atom is 0.228 e. The Morgan fingerprint density at radius 3 is 2.64 bits per heavy atom. The van der Waals surface area contributed by atoms with Crippen LogP contribution in [-0.4, -0.2) is 19.7 Å². The second-order valence-corrected chi connectivity index (χ2v) is 3.97. The van der Waals surface area contributed by atoms with E-state index in [1.54, 1.807) is 17.1 Å². The smallest absolute Gasteiger partial charge is 0.228 e. The Morgan fingerprint density at radius 1 is 1.36 bits per heavy atom. The Morgan fingerprint density at radius 2 is 2.07 bits per heavy atom. The van der Waals surface area contributed by atoms with Gasteiger partial charge in [0.2, 0.25) is 5.95 Å². The van der Waals surface area contributed by atoms with Crippen LogP contribution < -0.4 is 5.32 Å². The van der Waals surface area contributed by atoms with Crippen molar-refractivity contribution in [1.29, 1.82) is 0 Å². The fourth-order valence-corrected chi connectivity index (χ4v) is 1.25. The minimum Gasteiger partial charge on any atom is -0.307 e.